The molecule has 1 aromatic rings. The number of aromatic nitrogens is 2. The number of halogens is 1. The van der Waals surface area contributed by atoms with Gasteiger partial charge in [-0.1, -0.05) is 11.6 Å². The van der Waals surface area contributed by atoms with E-state index in [4.69, 9.17) is 16.3 Å². The summed E-state index contributed by atoms with van der Waals surface area (Å²) in [6, 6.07) is 0. The second-order valence-corrected chi connectivity index (χ2v) is 4.19. The van der Waals surface area contributed by atoms with Crippen LogP contribution < -0.4 is 0 Å². The molecule has 0 bridgehead atoms. The van der Waals surface area contributed by atoms with Gasteiger partial charge in [0.05, 0.1) is 22.5 Å². The molecular weight excluding hydrogens is 228 g/mol. The zero-order valence-electron chi connectivity index (χ0n) is 10.0. The molecule has 0 aliphatic heterocycles. The van der Waals surface area contributed by atoms with Gasteiger partial charge in [0.25, 0.3) is 0 Å². The SMILES string of the molecule is CCOCCC(O)Cc1c(Cl)c(C)nn1C. The maximum atomic E-state index is 9.81. The van der Waals surface area contributed by atoms with Crippen LogP contribution >= 0.6 is 11.6 Å². The van der Waals surface area contributed by atoms with Crippen molar-refractivity contribution in [2.75, 3.05) is 13.2 Å². The maximum absolute atomic E-state index is 9.81. The number of aliphatic hydroxyl groups is 1. The molecule has 1 heterocycles. The summed E-state index contributed by atoms with van der Waals surface area (Å²) in [7, 11) is 1.84. The first-order chi connectivity index (χ1) is 7.56. The molecule has 0 aromatic carbocycles. The number of hydrogen-bond acceptors (Lipinski definition) is 3. The van der Waals surface area contributed by atoms with Crippen molar-refractivity contribution in [3.8, 4) is 0 Å². The lowest BCUT2D eigenvalue weighted by atomic mass is 10.1. The number of hydrogen-bond donors (Lipinski definition) is 1. The molecule has 1 unspecified atom stereocenters. The summed E-state index contributed by atoms with van der Waals surface area (Å²) < 4.78 is 6.92. The first-order valence-electron chi connectivity index (χ1n) is 5.50. The number of rotatable bonds is 6. The molecule has 0 radical (unpaired) electrons. The summed E-state index contributed by atoms with van der Waals surface area (Å²) >= 11 is 6.09. The van der Waals surface area contributed by atoms with E-state index in [9.17, 15) is 5.11 Å². The monoisotopic (exact) mass is 246 g/mol. The minimum atomic E-state index is -0.432. The Balaban J connectivity index is 2.52. The van der Waals surface area contributed by atoms with Crippen LogP contribution in [0.2, 0.25) is 5.02 Å². The molecule has 0 saturated heterocycles. The summed E-state index contributed by atoms with van der Waals surface area (Å²) in [4.78, 5) is 0. The molecule has 0 aliphatic carbocycles. The van der Waals surface area contributed by atoms with Crippen molar-refractivity contribution in [1.82, 2.24) is 9.78 Å². The smallest absolute Gasteiger partial charge is 0.0847 e. The van der Waals surface area contributed by atoms with E-state index in [1.54, 1.807) is 4.68 Å². The average molecular weight is 247 g/mol. The van der Waals surface area contributed by atoms with Crippen LogP contribution in [0.1, 0.15) is 24.7 Å². The van der Waals surface area contributed by atoms with Crippen molar-refractivity contribution >= 4 is 11.6 Å². The van der Waals surface area contributed by atoms with Gasteiger partial charge in [0.15, 0.2) is 0 Å². The number of nitrogens with zero attached hydrogens (tertiary/aromatic N) is 2. The Kier molecular flexibility index (Phi) is 5.25. The predicted octanol–water partition coefficient (Wildman–Crippen LogP) is 1.71. The van der Waals surface area contributed by atoms with Crippen LogP contribution in [0, 0.1) is 6.92 Å². The minimum absolute atomic E-state index is 0.432. The fourth-order valence-electron chi connectivity index (χ4n) is 1.59. The molecule has 1 aromatic heterocycles. The zero-order valence-corrected chi connectivity index (χ0v) is 10.8. The second-order valence-electron chi connectivity index (χ2n) is 3.81. The van der Waals surface area contributed by atoms with E-state index < -0.39 is 6.10 Å². The lowest BCUT2D eigenvalue weighted by molar-refractivity contribution is 0.0878. The Morgan fingerprint density at radius 3 is 2.75 bits per heavy atom. The van der Waals surface area contributed by atoms with Crippen molar-refractivity contribution in [1.29, 1.82) is 0 Å². The van der Waals surface area contributed by atoms with Crippen LogP contribution in [-0.2, 0) is 18.2 Å². The third-order valence-electron chi connectivity index (χ3n) is 2.49. The first-order valence-corrected chi connectivity index (χ1v) is 5.87. The Morgan fingerprint density at radius 1 is 1.56 bits per heavy atom. The summed E-state index contributed by atoms with van der Waals surface area (Å²) in [6.45, 7) is 5.05. The molecule has 1 atom stereocenters. The summed E-state index contributed by atoms with van der Waals surface area (Å²) in [5, 5.41) is 14.7. The van der Waals surface area contributed by atoms with E-state index in [-0.39, 0.29) is 0 Å². The van der Waals surface area contributed by atoms with Gasteiger partial charge in [-0.15, -0.1) is 0 Å². The fraction of sp³-hybridized carbons (Fsp3) is 0.727. The van der Waals surface area contributed by atoms with Gasteiger partial charge in [-0.2, -0.15) is 5.10 Å². The molecule has 0 amide bonds. The van der Waals surface area contributed by atoms with Crippen molar-refractivity contribution in [2.45, 2.75) is 32.8 Å². The Bertz CT molecular complexity index is 339. The highest BCUT2D eigenvalue weighted by Crippen LogP contribution is 2.21. The maximum Gasteiger partial charge on any atom is 0.0847 e. The van der Waals surface area contributed by atoms with Crippen molar-refractivity contribution in [3.63, 3.8) is 0 Å². The number of ether oxygens (including phenoxy) is 1. The minimum Gasteiger partial charge on any atom is -0.393 e. The van der Waals surface area contributed by atoms with Crippen LogP contribution in [0.15, 0.2) is 0 Å². The van der Waals surface area contributed by atoms with E-state index >= 15 is 0 Å². The quantitative estimate of drug-likeness (QED) is 0.778. The van der Waals surface area contributed by atoms with Gasteiger partial charge in [-0.25, -0.2) is 0 Å². The highest BCUT2D eigenvalue weighted by molar-refractivity contribution is 6.31. The summed E-state index contributed by atoms with van der Waals surface area (Å²) in [6.07, 6.45) is 0.705. The average Bonchev–Trinajstić information content (AvgIpc) is 2.46. The Hall–Kier alpha value is -0.580. The lowest BCUT2D eigenvalue weighted by Crippen LogP contribution is -2.16. The molecule has 1 rings (SSSR count). The van der Waals surface area contributed by atoms with Gasteiger partial charge in [0.1, 0.15) is 0 Å². The third kappa shape index (κ3) is 3.47. The van der Waals surface area contributed by atoms with Gasteiger partial charge < -0.3 is 9.84 Å². The highest BCUT2D eigenvalue weighted by atomic mass is 35.5. The lowest BCUT2D eigenvalue weighted by Gasteiger charge is -2.10. The van der Waals surface area contributed by atoms with Crippen molar-refractivity contribution in [3.05, 3.63) is 16.4 Å². The van der Waals surface area contributed by atoms with Crippen LogP contribution in [-0.4, -0.2) is 34.2 Å². The normalized spacial score (nSPS) is 13.1. The predicted molar refractivity (Wildman–Crippen MR) is 63.8 cm³/mol. The van der Waals surface area contributed by atoms with E-state index in [0.717, 1.165) is 11.4 Å². The van der Waals surface area contributed by atoms with E-state index in [1.165, 1.54) is 0 Å². The third-order valence-corrected chi connectivity index (χ3v) is 2.98. The van der Waals surface area contributed by atoms with E-state index in [2.05, 4.69) is 5.10 Å². The first kappa shape index (κ1) is 13.5. The van der Waals surface area contributed by atoms with E-state index in [1.807, 2.05) is 20.9 Å². The Morgan fingerprint density at radius 2 is 2.25 bits per heavy atom. The van der Waals surface area contributed by atoms with E-state index in [0.29, 0.717) is 31.1 Å². The van der Waals surface area contributed by atoms with Crippen LogP contribution in [0.25, 0.3) is 0 Å². The van der Waals surface area contributed by atoms with Crippen molar-refractivity contribution < 1.29 is 9.84 Å². The fourth-order valence-corrected chi connectivity index (χ4v) is 1.83. The van der Waals surface area contributed by atoms with Crippen LogP contribution in [0.5, 0.6) is 0 Å². The molecule has 1 N–H and O–H groups in total. The van der Waals surface area contributed by atoms with Gasteiger partial charge in [-0.3, -0.25) is 4.68 Å². The molecule has 4 nitrogen and oxygen atoms in total. The molecule has 0 saturated carbocycles. The number of aryl methyl sites for hydroxylation is 2. The highest BCUT2D eigenvalue weighted by Gasteiger charge is 2.15. The van der Waals surface area contributed by atoms with Crippen LogP contribution in [0.3, 0.4) is 0 Å². The molecule has 16 heavy (non-hydrogen) atoms. The molecular formula is C11H19ClN2O2. The molecule has 0 aliphatic rings. The zero-order chi connectivity index (χ0) is 12.1. The largest absolute Gasteiger partial charge is 0.393 e. The van der Waals surface area contributed by atoms with Gasteiger partial charge in [-0.05, 0) is 20.3 Å². The molecule has 92 valence electrons. The topological polar surface area (TPSA) is 47.3 Å². The molecule has 0 spiro atoms. The van der Waals surface area contributed by atoms with Crippen molar-refractivity contribution in [2.24, 2.45) is 7.05 Å². The van der Waals surface area contributed by atoms with Crippen LogP contribution in [0.4, 0.5) is 0 Å². The second kappa shape index (κ2) is 6.23. The van der Waals surface area contributed by atoms with Gasteiger partial charge in [0, 0.05) is 26.7 Å². The summed E-state index contributed by atoms with van der Waals surface area (Å²) in [5.74, 6) is 0. The summed E-state index contributed by atoms with van der Waals surface area (Å²) in [5.41, 5.74) is 1.68. The van der Waals surface area contributed by atoms with Gasteiger partial charge >= 0.3 is 0 Å². The molecule has 0 fully saturated rings. The number of aliphatic hydroxyl groups excluding tert-OH is 1. The molecule has 5 heteroatoms. The van der Waals surface area contributed by atoms with Gasteiger partial charge in [0.2, 0.25) is 0 Å². The standard InChI is InChI=1S/C11H19ClN2O2/c1-4-16-6-5-9(15)7-10-11(12)8(2)13-14(10)3/h9,15H,4-7H2,1-3H3. The Labute approximate surface area is 101 Å².